The predicted octanol–water partition coefficient (Wildman–Crippen LogP) is 3.92. The van der Waals surface area contributed by atoms with Crippen molar-refractivity contribution in [3.8, 4) is 5.75 Å². The third-order valence-corrected chi connectivity index (χ3v) is 7.59. The van der Waals surface area contributed by atoms with Gasteiger partial charge in [-0.05, 0) is 79.3 Å². The van der Waals surface area contributed by atoms with Gasteiger partial charge in [0.2, 0.25) is 0 Å². The Morgan fingerprint density at radius 2 is 2.10 bits per heavy atom. The summed E-state index contributed by atoms with van der Waals surface area (Å²) in [4.78, 5) is 18.3. The lowest BCUT2D eigenvalue weighted by Gasteiger charge is -2.43. The number of anilines is 1. The van der Waals surface area contributed by atoms with Crippen LogP contribution in [0.5, 0.6) is 5.75 Å². The fourth-order valence-corrected chi connectivity index (χ4v) is 5.70. The number of ether oxygens (including phenoxy) is 1. The molecule has 31 heavy (non-hydrogen) atoms. The van der Waals surface area contributed by atoms with E-state index in [9.17, 15) is 15.0 Å². The minimum atomic E-state index is -1.05. The maximum Gasteiger partial charge on any atom is 0.354 e. The Morgan fingerprint density at radius 1 is 1.26 bits per heavy atom. The number of aromatic nitrogens is 1. The summed E-state index contributed by atoms with van der Waals surface area (Å²) in [5.74, 6) is 0.848. The first-order chi connectivity index (χ1) is 15.0. The largest absolute Gasteiger partial charge is 0.489 e. The first-order valence-corrected chi connectivity index (χ1v) is 11.4. The van der Waals surface area contributed by atoms with Crippen molar-refractivity contribution >= 4 is 23.4 Å². The highest BCUT2D eigenvalue weighted by Gasteiger charge is 2.43. The van der Waals surface area contributed by atoms with Gasteiger partial charge in [0.15, 0.2) is 17.3 Å². The molecule has 1 spiro atoms. The molecule has 3 atom stereocenters. The lowest BCUT2D eigenvalue weighted by Crippen LogP contribution is -2.49. The molecule has 2 aromatic rings. The van der Waals surface area contributed by atoms with E-state index in [1.807, 2.05) is 6.07 Å². The predicted molar refractivity (Wildman–Crippen MR) is 118 cm³/mol. The molecular weight excluding hydrogens is 416 g/mol. The molecule has 2 aliphatic carbocycles. The van der Waals surface area contributed by atoms with Crippen molar-refractivity contribution in [2.75, 3.05) is 31.2 Å². The molecule has 1 saturated carbocycles. The van der Waals surface area contributed by atoms with Crippen LogP contribution in [0.15, 0.2) is 30.3 Å². The molecule has 1 aromatic carbocycles. The molecule has 3 aliphatic rings. The Balaban J connectivity index is 1.56. The number of nitrogens with zero attached hydrogens (tertiary/aromatic N) is 2. The van der Waals surface area contributed by atoms with E-state index >= 15 is 0 Å². The summed E-state index contributed by atoms with van der Waals surface area (Å²) in [7, 11) is 0. The lowest BCUT2D eigenvalue weighted by molar-refractivity contribution is 0.0690. The van der Waals surface area contributed by atoms with Crippen LogP contribution in [0.3, 0.4) is 0 Å². The number of carboxylic acids is 1. The van der Waals surface area contributed by atoms with E-state index in [1.54, 1.807) is 6.07 Å². The molecule has 2 heterocycles. The summed E-state index contributed by atoms with van der Waals surface area (Å²) < 4.78 is 6.30. The molecular formula is C24H27ClN2O4. The Kier molecular flexibility index (Phi) is 5.30. The highest BCUT2D eigenvalue weighted by atomic mass is 35.5. The maximum absolute atomic E-state index is 11.6. The van der Waals surface area contributed by atoms with Crippen LogP contribution in [0.2, 0.25) is 5.02 Å². The number of hydrogen-bond acceptors (Lipinski definition) is 5. The summed E-state index contributed by atoms with van der Waals surface area (Å²) in [6, 6.07) is 9.38. The molecule has 7 heteroatoms. The highest BCUT2D eigenvalue weighted by molar-refractivity contribution is 6.30. The second kappa shape index (κ2) is 7.99. The number of hydrogen-bond donors (Lipinski definition) is 2. The van der Waals surface area contributed by atoms with Crippen LogP contribution in [-0.4, -0.2) is 47.5 Å². The Bertz CT molecular complexity index is 1010. The smallest absolute Gasteiger partial charge is 0.354 e. The summed E-state index contributed by atoms with van der Waals surface area (Å²) in [5, 5.41) is 19.9. The van der Waals surface area contributed by atoms with E-state index < -0.39 is 5.97 Å². The van der Waals surface area contributed by atoms with E-state index in [0.717, 1.165) is 43.7 Å². The zero-order valence-electron chi connectivity index (χ0n) is 17.4. The number of aliphatic hydroxyl groups excluding tert-OH is 1. The molecule has 1 aliphatic heterocycles. The van der Waals surface area contributed by atoms with Crippen molar-refractivity contribution in [3.63, 3.8) is 0 Å². The fourth-order valence-electron chi connectivity index (χ4n) is 5.50. The van der Waals surface area contributed by atoms with E-state index in [2.05, 4.69) is 22.0 Å². The average molecular weight is 443 g/mol. The average Bonchev–Trinajstić information content (AvgIpc) is 2.89. The van der Waals surface area contributed by atoms with Crippen molar-refractivity contribution < 1.29 is 19.7 Å². The molecule has 2 N–H and O–H groups in total. The second-order valence-electron chi connectivity index (χ2n) is 9.21. The maximum atomic E-state index is 11.6. The first kappa shape index (κ1) is 20.6. The van der Waals surface area contributed by atoms with Gasteiger partial charge in [0.05, 0.1) is 6.61 Å². The van der Waals surface area contributed by atoms with Crippen molar-refractivity contribution in [3.05, 3.63) is 52.2 Å². The third kappa shape index (κ3) is 3.66. The summed E-state index contributed by atoms with van der Waals surface area (Å²) in [6.07, 6.45) is 5.15. The molecule has 0 radical (unpaired) electrons. The zero-order valence-corrected chi connectivity index (χ0v) is 18.1. The molecule has 0 amide bonds. The SMILES string of the molecule is O=C(O)c1ccc2c(n1)N(C[C@@H]1CC[C@H]1CO)CC1(CCCc3cc(Cl)ccc31)CO2. The van der Waals surface area contributed by atoms with E-state index in [-0.39, 0.29) is 17.7 Å². The normalized spacial score (nSPS) is 27.0. The van der Waals surface area contributed by atoms with E-state index in [0.29, 0.717) is 36.6 Å². The van der Waals surface area contributed by atoms with E-state index in [1.165, 1.54) is 17.2 Å². The number of aliphatic hydroxyl groups is 1. The minimum absolute atomic E-state index is 0.0199. The summed E-state index contributed by atoms with van der Waals surface area (Å²) >= 11 is 6.28. The number of halogens is 1. The summed E-state index contributed by atoms with van der Waals surface area (Å²) in [5.41, 5.74) is 2.35. The van der Waals surface area contributed by atoms with Gasteiger partial charge in [0.1, 0.15) is 0 Å². The van der Waals surface area contributed by atoms with Gasteiger partial charge in [0, 0.05) is 30.1 Å². The van der Waals surface area contributed by atoms with Crippen LogP contribution in [0.25, 0.3) is 0 Å². The topological polar surface area (TPSA) is 82.9 Å². The standard InChI is InChI=1S/C24H27ClN2O4/c25-18-5-6-19-15(10-18)2-1-9-24(19)13-27(11-16-3-4-17(16)12-28)22-21(31-14-24)8-7-20(26-22)23(29)30/h5-8,10,16-17,28H,1-4,9,11-14H2,(H,29,30)/t16-,17-,24?/m0/s1. The number of carboxylic acid groups (broad SMARTS) is 1. The number of fused-ring (bicyclic) bond motifs is 3. The Hall–Kier alpha value is -2.31. The zero-order chi connectivity index (χ0) is 21.6. The number of pyridine rings is 1. The van der Waals surface area contributed by atoms with Gasteiger partial charge in [0.25, 0.3) is 0 Å². The Labute approximate surface area is 186 Å². The number of benzene rings is 1. The van der Waals surface area contributed by atoms with Crippen LogP contribution in [0, 0.1) is 11.8 Å². The number of rotatable bonds is 4. The van der Waals surface area contributed by atoms with Gasteiger partial charge in [-0.2, -0.15) is 0 Å². The van der Waals surface area contributed by atoms with Gasteiger partial charge in [-0.3, -0.25) is 0 Å². The molecule has 6 nitrogen and oxygen atoms in total. The molecule has 1 fully saturated rings. The molecule has 0 saturated heterocycles. The van der Waals surface area contributed by atoms with Crippen molar-refractivity contribution in [1.29, 1.82) is 0 Å². The van der Waals surface area contributed by atoms with Gasteiger partial charge in [-0.15, -0.1) is 0 Å². The first-order valence-electron chi connectivity index (χ1n) is 11.0. The summed E-state index contributed by atoms with van der Waals surface area (Å²) in [6.45, 7) is 2.16. The number of aryl methyl sites for hydroxylation is 1. The number of aromatic carboxylic acids is 1. The second-order valence-corrected chi connectivity index (χ2v) is 9.64. The third-order valence-electron chi connectivity index (χ3n) is 7.36. The van der Waals surface area contributed by atoms with Crippen LogP contribution in [0.4, 0.5) is 5.82 Å². The molecule has 0 bridgehead atoms. The van der Waals surface area contributed by atoms with Gasteiger partial charge >= 0.3 is 5.97 Å². The van der Waals surface area contributed by atoms with Gasteiger partial charge in [-0.25, -0.2) is 9.78 Å². The minimum Gasteiger partial charge on any atom is -0.489 e. The highest BCUT2D eigenvalue weighted by Crippen LogP contribution is 2.45. The van der Waals surface area contributed by atoms with E-state index in [4.69, 9.17) is 16.3 Å². The quantitative estimate of drug-likeness (QED) is 0.746. The number of carbonyl (C=O) groups is 1. The molecule has 1 unspecified atom stereocenters. The van der Waals surface area contributed by atoms with Crippen LogP contribution < -0.4 is 9.64 Å². The fraction of sp³-hybridized carbons (Fsp3) is 0.500. The van der Waals surface area contributed by atoms with Crippen LogP contribution in [0.1, 0.15) is 47.3 Å². The molecule has 1 aromatic heterocycles. The van der Waals surface area contributed by atoms with Crippen molar-refractivity contribution in [2.45, 2.75) is 37.5 Å². The molecule has 164 valence electrons. The van der Waals surface area contributed by atoms with Crippen molar-refractivity contribution in [2.24, 2.45) is 11.8 Å². The lowest BCUT2D eigenvalue weighted by atomic mass is 9.69. The van der Waals surface area contributed by atoms with Crippen LogP contribution in [-0.2, 0) is 11.8 Å². The van der Waals surface area contributed by atoms with Crippen molar-refractivity contribution in [1.82, 2.24) is 4.98 Å². The monoisotopic (exact) mass is 442 g/mol. The van der Waals surface area contributed by atoms with Crippen LogP contribution >= 0.6 is 11.6 Å². The van der Waals surface area contributed by atoms with Gasteiger partial charge < -0.3 is 19.8 Å². The Morgan fingerprint density at radius 3 is 2.84 bits per heavy atom. The molecule has 5 rings (SSSR count). The van der Waals surface area contributed by atoms with Gasteiger partial charge in [-0.1, -0.05) is 17.7 Å².